The molecule has 0 spiro atoms. The van der Waals surface area contributed by atoms with E-state index in [1.165, 1.54) is 35.6 Å². The molecule has 0 radical (unpaired) electrons. The Morgan fingerprint density at radius 2 is 1.77 bits per heavy atom. The minimum absolute atomic E-state index is 0.0133. The molecule has 5 rings (SSSR count). The molecular formula is C27H24FN3O3S. The van der Waals surface area contributed by atoms with E-state index in [0.29, 0.717) is 50.5 Å². The van der Waals surface area contributed by atoms with Crippen LogP contribution in [0.1, 0.15) is 46.0 Å². The normalized spacial score (nSPS) is 14.6. The highest BCUT2D eigenvalue weighted by atomic mass is 32.1. The van der Waals surface area contributed by atoms with Gasteiger partial charge in [0.25, 0.3) is 5.91 Å². The molecule has 3 N–H and O–H groups in total. The highest BCUT2D eigenvalue weighted by Gasteiger charge is 2.36. The Bertz CT molecular complexity index is 1470. The molecule has 0 atom stereocenters. The third-order valence-electron chi connectivity index (χ3n) is 6.20. The van der Waals surface area contributed by atoms with E-state index in [9.17, 15) is 14.0 Å². The van der Waals surface area contributed by atoms with Gasteiger partial charge in [-0.15, -0.1) is 11.3 Å². The number of ether oxygens (including phenoxy) is 1. The lowest BCUT2D eigenvalue weighted by Crippen LogP contribution is -2.28. The van der Waals surface area contributed by atoms with Crippen molar-refractivity contribution >= 4 is 44.6 Å². The van der Waals surface area contributed by atoms with Gasteiger partial charge < -0.3 is 15.8 Å². The molecule has 0 aliphatic heterocycles. The van der Waals surface area contributed by atoms with Crippen LogP contribution in [-0.4, -0.2) is 23.8 Å². The van der Waals surface area contributed by atoms with Gasteiger partial charge in [0, 0.05) is 28.6 Å². The van der Waals surface area contributed by atoms with E-state index in [1.54, 1.807) is 7.11 Å². The van der Waals surface area contributed by atoms with Crippen LogP contribution >= 0.6 is 11.3 Å². The van der Waals surface area contributed by atoms with Crippen molar-refractivity contribution in [3.63, 3.8) is 0 Å². The van der Waals surface area contributed by atoms with Crippen LogP contribution in [0.4, 0.5) is 15.8 Å². The molecule has 1 aliphatic rings. The van der Waals surface area contributed by atoms with Crippen LogP contribution in [0.2, 0.25) is 0 Å². The molecule has 2 aromatic heterocycles. The first-order valence-electron chi connectivity index (χ1n) is 11.2. The number of nitrogens with two attached hydrogens (primary N) is 1. The van der Waals surface area contributed by atoms with Crippen LogP contribution in [0, 0.1) is 11.2 Å². The predicted molar refractivity (Wildman–Crippen MR) is 137 cm³/mol. The summed E-state index contributed by atoms with van der Waals surface area (Å²) >= 11 is 1.19. The second-order valence-electron chi connectivity index (χ2n) is 9.46. The fraction of sp³-hybridized carbons (Fsp3) is 0.222. The Labute approximate surface area is 205 Å². The Kier molecular flexibility index (Phi) is 5.56. The van der Waals surface area contributed by atoms with Crippen LogP contribution in [0.5, 0.6) is 5.75 Å². The van der Waals surface area contributed by atoms with E-state index >= 15 is 0 Å². The number of rotatable bonds is 4. The van der Waals surface area contributed by atoms with Crippen LogP contribution in [-0.2, 0) is 6.42 Å². The molecular weight excluding hydrogens is 465 g/mol. The number of amides is 1. The fourth-order valence-corrected chi connectivity index (χ4v) is 5.62. The zero-order valence-electron chi connectivity index (χ0n) is 19.6. The minimum atomic E-state index is -0.414. The van der Waals surface area contributed by atoms with Gasteiger partial charge in [-0.05, 0) is 53.8 Å². The number of nitrogens with zero attached hydrogens (tertiary/aromatic N) is 1. The SMILES string of the molecule is COc1ccc(-c2c3c(nc4sc(C(=O)Nc5ccc(F)cc5)c(N)c24)CC(C)(C)CC3=O)cc1. The zero-order chi connectivity index (χ0) is 24.9. The highest BCUT2D eigenvalue weighted by molar-refractivity contribution is 7.21. The van der Waals surface area contributed by atoms with Crippen molar-refractivity contribution in [2.45, 2.75) is 26.7 Å². The summed E-state index contributed by atoms with van der Waals surface area (Å²) < 4.78 is 18.6. The summed E-state index contributed by atoms with van der Waals surface area (Å²) in [6, 6.07) is 12.9. The number of carbonyl (C=O) groups excluding carboxylic acids is 2. The van der Waals surface area contributed by atoms with Crippen LogP contribution in [0.25, 0.3) is 21.3 Å². The fourth-order valence-electron chi connectivity index (χ4n) is 4.60. The van der Waals surface area contributed by atoms with Gasteiger partial charge in [0.05, 0.1) is 18.5 Å². The van der Waals surface area contributed by atoms with Crippen molar-refractivity contribution < 1.29 is 18.7 Å². The molecule has 0 saturated heterocycles. The van der Waals surface area contributed by atoms with E-state index in [0.717, 1.165) is 11.3 Å². The number of nitrogen functional groups attached to an aromatic ring is 1. The summed E-state index contributed by atoms with van der Waals surface area (Å²) in [4.78, 5) is 32.2. The Morgan fingerprint density at radius 1 is 1.09 bits per heavy atom. The molecule has 2 aromatic carbocycles. The maximum atomic E-state index is 13.4. The summed E-state index contributed by atoms with van der Waals surface area (Å²) in [5, 5.41) is 3.36. The molecule has 1 amide bonds. The maximum absolute atomic E-state index is 13.4. The molecule has 8 heteroatoms. The van der Waals surface area contributed by atoms with Gasteiger partial charge >= 0.3 is 0 Å². The molecule has 2 heterocycles. The van der Waals surface area contributed by atoms with E-state index in [1.807, 2.05) is 24.3 Å². The summed E-state index contributed by atoms with van der Waals surface area (Å²) in [7, 11) is 1.59. The Morgan fingerprint density at radius 3 is 2.43 bits per heavy atom. The van der Waals surface area contributed by atoms with Crippen LogP contribution < -0.4 is 15.8 Å². The monoisotopic (exact) mass is 489 g/mol. The minimum Gasteiger partial charge on any atom is -0.497 e. The predicted octanol–water partition coefficient (Wildman–Crippen LogP) is 6.10. The van der Waals surface area contributed by atoms with Gasteiger partial charge in [-0.3, -0.25) is 9.59 Å². The number of halogens is 1. The lowest BCUT2D eigenvalue weighted by atomic mass is 9.73. The number of pyridine rings is 1. The van der Waals surface area contributed by atoms with Gasteiger partial charge in [0.1, 0.15) is 21.3 Å². The summed E-state index contributed by atoms with van der Waals surface area (Å²) in [6.45, 7) is 4.11. The number of methoxy groups -OCH3 is 1. The molecule has 0 bridgehead atoms. The number of anilines is 2. The van der Waals surface area contributed by atoms with Crippen molar-refractivity contribution in [2.75, 3.05) is 18.2 Å². The van der Waals surface area contributed by atoms with Crippen LogP contribution in [0.15, 0.2) is 48.5 Å². The van der Waals surface area contributed by atoms with E-state index in [-0.39, 0.29) is 16.9 Å². The first-order chi connectivity index (χ1) is 16.7. The van der Waals surface area contributed by atoms with Gasteiger partial charge in [0.2, 0.25) is 0 Å². The van der Waals surface area contributed by atoms with Crippen molar-refractivity contribution in [3.8, 4) is 16.9 Å². The molecule has 1 aliphatic carbocycles. The number of benzene rings is 2. The molecule has 4 aromatic rings. The first-order valence-corrected chi connectivity index (χ1v) is 12.0. The number of carbonyl (C=O) groups is 2. The topological polar surface area (TPSA) is 94.3 Å². The summed E-state index contributed by atoms with van der Waals surface area (Å²) in [5.74, 6) is -0.101. The van der Waals surface area contributed by atoms with E-state index in [2.05, 4.69) is 19.2 Å². The molecule has 0 saturated carbocycles. The average Bonchev–Trinajstić information content (AvgIpc) is 3.14. The Balaban J connectivity index is 1.71. The number of fused-ring (bicyclic) bond motifs is 2. The quantitative estimate of drug-likeness (QED) is 0.361. The van der Waals surface area contributed by atoms with Crippen molar-refractivity contribution in [1.29, 1.82) is 0 Å². The van der Waals surface area contributed by atoms with Crippen LogP contribution in [0.3, 0.4) is 0 Å². The number of nitrogens with one attached hydrogen (secondary N) is 1. The molecule has 35 heavy (non-hydrogen) atoms. The molecule has 6 nitrogen and oxygen atoms in total. The molecule has 178 valence electrons. The first kappa shape index (κ1) is 23.0. The van der Waals surface area contributed by atoms with Crippen molar-refractivity contribution in [2.24, 2.45) is 5.41 Å². The lowest BCUT2D eigenvalue weighted by molar-refractivity contribution is 0.0911. The lowest BCUT2D eigenvalue weighted by Gasteiger charge is -2.31. The smallest absolute Gasteiger partial charge is 0.267 e. The van der Waals surface area contributed by atoms with Gasteiger partial charge in [-0.1, -0.05) is 26.0 Å². The number of ketones is 1. The third-order valence-corrected chi connectivity index (χ3v) is 7.30. The number of Topliss-reactive ketones (excluding diaryl/α,β-unsaturated/α-hetero) is 1. The third kappa shape index (κ3) is 4.14. The van der Waals surface area contributed by atoms with E-state index in [4.69, 9.17) is 15.5 Å². The maximum Gasteiger partial charge on any atom is 0.267 e. The number of hydrogen-bond acceptors (Lipinski definition) is 6. The number of hydrogen-bond donors (Lipinski definition) is 2. The second kappa shape index (κ2) is 8.46. The molecule has 0 unspecified atom stereocenters. The van der Waals surface area contributed by atoms with Crippen molar-refractivity contribution in [3.05, 3.63) is 70.5 Å². The summed E-state index contributed by atoms with van der Waals surface area (Å²) in [6.07, 6.45) is 1.04. The largest absolute Gasteiger partial charge is 0.497 e. The summed E-state index contributed by atoms with van der Waals surface area (Å²) in [5.41, 5.74) is 9.85. The second-order valence-corrected chi connectivity index (χ2v) is 10.5. The zero-order valence-corrected chi connectivity index (χ0v) is 20.4. The molecule has 0 fully saturated rings. The van der Waals surface area contributed by atoms with Crippen molar-refractivity contribution in [1.82, 2.24) is 4.98 Å². The highest BCUT2D eigenvalue weighted by Crippen LogP contribution is 2.46. The standard InChI is InChI=1S/C27H24FN3O3S/c1-27(2)12-18-21(19(32)13-27)20(14-4-10-17(34-3)11-5-14)22-23(29)24(35-26(22)31-18)25(33)30-16-8-6-15(28)7-9-16/h4-11H,12-13,29H2,1-3H3,(H,30,33). The van der Waals surface area contributed by atoms with Gasteiger partial charge in [0.15, 0.2) is 5.78 Å². The number of aromatic nitrogens is 1. The van der Waals surface area contributed by atoms with E-state index < -0.39 is 11.7 Å². The van der Waals surface area contributed by atoms with Gasteiger partial charge in [-0.25, -0.2) is 9.37 Å². The Hall–Kier alpha value is -3.78. The number of thiophene rings is 1. The van der Waals surface area contributed by atoms with Gasteiger partial charge in [-0.2, -0.15) is 0 Å². The average molecular weight is 490 g/mol.